The molecule has 0 saturated heterocycles. The molecule has 6 bridgehead atoms. The van der Waals surface area contributed by atoms with Crippen molar-refractivity contribution < 1.29 is 43.1 Å². The predicted molar refractivity (Wildman–Crippen MR) is 258 cm³/mol. The van der Waals surface area contributed by atoms with Crippen molar-refractivity contribution in [3.63, 3.8) is 0 Å². The van der Waals surface area contributed by atoms with Crippen LogP contribution in [0.1, 0.15) is 79.4 Å². The number of ether oxygens (including phenoxy) is 1. The molecule has 6 N–H and O–H groups in total. The molecule has 0 atom stereocenters. The number of amides is 2. The minimum absolute atomic E-state index is 0.00587. The molecule has 4 heterocycles. The fourth-order valence-corrected chi connectivity index (χ4v) is 7.41. The van der Waals surface area contributed by atoms with E-state index in [4.69, 9.17) is 25.4 Å². The highest BCUT2D eigenvalue weighted by molar-refractivity contribution is 5.95. The molecule has 1 aliphatic rings. The number of nitrogens with zero attached hydrogens (tertiary/aromatic N) is 8. The second-order valence-corrected chi connectivity index (χ2v) is 19.2. The Kier molecular flexibility index (Phi) is 19.1. The van der Waals surface area contributed by atoms with E-state index in [1.807, 2.05) is 85.6 Å². The Hall–Kier alpha value is -6.33. The van der Waals surface area contributed by atoms with Crippen LogP contribution in [0.3, 0.4) is 0 Å². The molecule has 364 valence electrons. The van der Waals surface area contributed by atoms with Gasteiger partial charge in [-0.25, -0.2) is 0 Å². The van der Waals surface area contributed by atoms with Crippen molar-refractivity contribution in [3.05, 3.63) is 117 Å². The molecule has 18 heteroatoms. The molecule has 5 rings (SSSR count). The van der Waals surface area contributed by atoms with Crippen LogP contribution >= 0.6 is 0 Å². The third-order valence-corrected chi connectivity index (χ3v) is 10.8. The van der Waals surface area contributed by atoms with Crippen LogP contribution in [0.2, 0.25) is 0 Å². The zero-order valence-electron chi connectivity index (χ0n) is 40.7. The van der Waals surface area contributed by atoms with Gasteiger partial charge in [0.05, 0.1) is 122 Å². The topological polar surface area (TPSA) is 216 Å². The fraction of sp³-hybridized carbons (Fsp3) is 0.460. The molecule has 0 aliphatic carbocycles. The van der Waals surface area contributed by atoms with Gasteiger partial charge in [-0.15, -0.1) is 0 Å². The summed E-state index contributed by atoms with van der Waals surface area (Å²) >= 11 is 0. The number of nitrogens with one attached hydrogen (secondary N) is 2. The molecule has 2 amide bonds. The molecule has 0 saturated carbocycles. The van der Waals surface area contributed by atoms with Gasteiger partial charge in [-0.1, -0.05) is 18.8 Å². The summed E-state index contributed by atoms with van der Waals surface area (Å²) in [6.07, 6.45) is 0.748. The van der Waals surface area contributed by atoms with E-state index < -0.39 is 11.9 Å². The lowest BCUT2D eigenvalue weighted by molar-refractivity contribution is -0.869. The van der Waals surface area contributed by atoms with Gasteiger partial charge >= 0.3 is 11.9 Å². The first kappa shape index (κ1) is 52.6. The van der Waals surface area contributed by atoms with Gasteiger partial charge in [0.1, 0.15) is 5.75 Å². The summed E-state index contributed by atoms with van der Waals surface area (Å²) in [4.78, 5) is 72.7. The molecule has 0 fully saturated rings. The number of hydrogen-bond acceptors (Lipinski definition) is 12. The average molecular weight is 936 g/mol. The van der Waals surface area contributed by atoms with E-state index >= 15 is 0 Å². The van der Waals surface area contributed by atoms with Crippen molar-refractivity contribution in [2.24, 2.45) is 5.73 Å². The SMILES string of the molecule is CCN1Cc2cc(C#Cc3ccc(OCCCN)cc3)cc(n2)CN(CC(=O)O)Cc2cc(C(=O)NCC[N+](C)(C)C)cc(n2)CN(CC(=O)O)Cc2cc(C(=O)NCC[N+](C)(C)C)cc(n2)C1. The zero-order chi connectivity index (χ0) is 49.4. The molecular formula is C50H69N11O7+2. The lowest BCUT2D eigenvalue weighted by atomic mass is 10.1. The van der Waals surface area contributed by atoms with Crippen LogP contribution in [0, 0.1) is 11.8 Å². The molecule has 0 unspecified atom stereocenters. The van der Waals surface area contributed by atoms with Crippen molar-refractivity contribution in [2.75, 3.05) is 101 Å². The molecule has 68 heavy (non-hydrogen) atoms. The molecule has 1 aromatic carbocycles. The number of carboxylic acid groups (broad SMARTS) is 2. The first-order chi connectivity index (χ1) is 32.2. The van der Waals surface area contributed by atoms with Crippen LogP contribution in [-0.2, 0) is 48.9 Å². The number of aliphatic carboxylic acids is 2. The standard InChI is InChI=1S/C50H67N11O7/c1-8-57-28-40-22-37(11-10-36-12-14-46(15-13-36)68-21-9-16-51)23-41(54-40)30-58(34-47(62)63)31-44-26-39(50(67)53-18-20-61(5,6)7)27-45(56-44)33-59(35-48(64)65)32-43-25-38(24-42(29-57)55-43)49(66)52-17-19-60(2,3)4/h12-15,22-27H,8-9,16-21,28-35,51H2,1-7H3,(H2-2,52,53,62,63,64,65,66,67)/p+2. The lowest BCUT2D eigenvalue weighted by Crippen LogP contribution is -2.42. The number of fused-ring (bicyclic) bond motifs is 6. The van der Waals surface area contributed by atoms with Crippen LogP contribution in [0.25, 0.3) is 0 Å². The number of nitrogens with two attached hydrogens (primary N) is 1. The third-order valence-electron chi connectivity index (χ3n) is 10.8. The van der Waals surface area contributed by atoms with E-state index in [9.17, 15) is 29.4 Å². The van der Waals surface area contributed by atoms with Gasteiger partial charge < -0.3 is 40.3 Å². The van der Waals surface area contributed by atoms with E-state index in [-0.39, 0.29) is 51.1 Å². The Labute approximate surface area is 400 Å². The van der Waals surface area contributed by atoms with E-state index in [1.54, 1.807) is 34.1 Å². The number of benzene rings is 1. The van der Waals surface area contributed by atoms with Crippen molar-refractivity contribution in [3.8, 4) is 17.6 Å². The maximum Gasteiger partial charge on any atom is 0.317 e. The quantitative estimate of drug-likeness (QED) is 0.0584. The predicted octanol–water partition coefficient (Wildman–Crippen LogP) is 2.38. The smallest absolute Gasteiger partial charge is 0.317 e. The van der Waals surface area contributed by atoms with Gasteiger partial charge in [0.15, 0.2) is 0 Å². The molecular weight excluding hydrogens is 867 g/mol. The Balaban J connectivity index is 1.62. The molecule has 0 radical (unpaired) electrons. The highest BCUT2D eigenvalue weighted by atomic mass is 16.5. The van der Waals surface area contributed by atoms with E-state index in [0.717, 1.165) is 17.7 Å². The van der Waals surface area contributed by atoms with Gasteiger partial charge in [0, 0.05) is 61.5 Å². The summed E-state index contributed by atoms with van der Waals surface area (Å²) in [6.45, 7) is 6.02. The maximum atomic E-state index is 13.8. The first-order valence-corrected chi connectivity index (χ1v) is 22.9. The first-order valence-electron chi connectivity index (χ1n) is 22.9. The van der Waals surface area contributed by atoms with Crippen LogP contribution in [0.5, 0.6) is 5.75 Å². The summed E-state index contributed by atoms with van der Waals surface area (Å²) < 4.78 is 7.06. The molecule has 3 aromatic heterocycles. The minimum atomic E-state index is -1.08. The van der Waals surface area contributed by atoms with Crippen LogP contribution < -0.4 is 21.1 Å². The molecule has 18 nitrogen and oxygen atoms in total. The number of carbonyl (C=O) groups is 4. The molecule has 1 aliphatic heterocycles. The number of pyridine rings is 3. The number of quaternary nitrogens is 2. The van der Waals surface area contributed by atoms with Gasteiger partial charge in [-0.05, 0) is 80.2 Å². The Bertz CT molecular complexity index is 2440. The Morgan fingerprint density at radius 2 is 1.00 bits per heavy atom. The summed E-state index contributed by atoms with van der Waals surface area (Å²) in [5, 5.41) is 26.3. The number of aromatic nitrogens is 3. The highest BCUT2D eigenvalue weighted by Gasteiger charge is 2.22. The number of carbonyl (C=O) groups excluding carboxylic acids is 2. The highest BCUT2D eigenvalue weighted by Crippen LogP contribution is 2.20. The summed E-state index contributed by atoms with van der Waals surface area (Å²) in [5.41, 5.74) is 10.9. The van der Waals surface area contributed by atoms with Crippen molar-refractivity contribution >= 4 is 23.8 Å². The van der Waals surface area contributed by atoms with Gasteiger partial charge in [-0.2, -0.15) is 0 Å². The van der Waals surface area contributed by atoms with Crippen molar-refractivity contribution in [2.45, 2.75) is 52.6 Å². The van der Waals surface area contributed by atoms with Crippen LogP contribution in [0.15, 0.2) is 60.7 Å². The zero-order valence-corrected chi connectivity index (χ0v) is 40.7. The van der Waals surface area contributed by atoms with Crippen LogP contribution in [-0.4, -0.2) is 174 Å². The normalized spacial score (nSPS) is 14.2. The number of likely N-dealkylation sites (N-methyl/N-ethyl adjacent to an activating group) is 2. The fourth-order valence-electron chi connectivity index (χ4n) is 7.41. The second kappa shape index (κ2) is 24.6. The summed E-state index contributed by atoms with van der Waals surface area (Å²) in [5.74, 6) is 4.50. The largest absolute Gasteiger partial charge is 0.494 e. The van der Waals surface area contributed by atoms with Crippen molar-refractivity contribution in [1.29, 1.82) is 0 Å². The van der Waals surface area contributed by atoms with E-state index in [1.165, 1.54) is 0 Å². The number of hydrogen-bond donors (Lipinski definition) is 5. The van der Waals surface area contributed by atoms with E-state index in [2.05, 4.69) is 27.4 Å². The number of rotatable bonds is 17. The molecule has 0 spiro atoms. The summed E-state index contributed by atoms with van der Waals surface area (Å²) in [6, 6.07) is 18.0. The third kappa shape index (κ3) is 18.4. The van der Waals surface area contributed by atoms with Crippen LogP contribution in [0.4, 0.5) is 0 Å². The lowest BCUT2D eigenvalue weighted by Gasteiger charge is -2.25. The summed E-state index contributed by atoms with van der Waals surface area (Å²) in [7, 11) is 12.2. The minimum Gasteiger partial charge on any atom is -0.494 e. The molecule has 4 aromatic rings. The van der Waals surface area contributed by atoms with Gasteiger partial charge in [0.2, 0.25) is 0 Å². The maximum absolute atomic E-state index is 13.8. The second-order valence-electron chi connectivity index (χ2n) is 19.2. The Morgan fingerprint density at radius 1 is 0.618 bits per heavy atom. The van der Waals surface area contributed by atoms with Gasteiger partial charge in [-0.3, -0.25) is 48.8 Å². The van der Waals surface area contributed by atoms with Gasteiger partial charge in [0.25, 0.3) is 11.8 Å². The average Bonchev–Trinajstić information content (AvgIpc) is 3.24. The monoisotopic (exact) mass is 936 g/mol. The number of carboxylic acids is 2. The van der Waals surface area contributed by atoms with E-state index in [0.29, 0.717) is 119 Å². The Morgan fingerprint density at radius 3 is 1.37 bits per heavy atom. The van der Waals surface area contributed by atoms with Crippen molar-refractivity contribution in [1.82, 2.24) is 40.3 Å².